The average Bonchev–Trinajstić information content (AvgIpc) is 2.87. The van der Waals surface area contributed by atoms with E-state index in [1.807, 2.05) is 5.32 Å². The monoisotopic (exact) mass is 582 g/mol. The van der Waals surface area contributed by atoms with Crippen LogP contribution in [0.4, 0.5) is 26.2 Å². The summed E-state index contributed by atoms with van der Waals surface area (Å²) in [6.45, 7) is -0.422. The van der Waals surface area contributed by atoms with Gasteiger partial charge in [-0.3, -0.25) is 29.8 Å². The van der Waals surface area contributed by atoms with Gasteiger partial charge in [-0.2, -0.15) is 0 Å². The standard InChI is InChI=1S/C25H16BrFN4O7/c26-18-11-14(8-9-21(18)38-13-22(32)28-20-7-2-1-6-19(20)27)10-17-23(33)29-25(35)30(24(17)34)15-4-3-5-16(12-15)31(36)37/h1-12H,13H2,(H,28,32)(H,29,33,35)/b17-10-. The van der Waals surface area contributed by atoms with Crippen molar-refractivity contribution in [1.82, 2.24) is 5.32 Å². The maximum Gasteiger partial charge on any atom is 0.335 e. The van der Waals surface area contributed by atoms with Gasteiger partial charge in [-0.1, -0.05) is 24.3 Å². The first-order valence-corrected chi connectivity index (χ1v) is 11.6. The van der Waals surface area contributed by atoms with Crippen LogP contribution in [0.2, 0.25) is 0 Å². The number of ether oxygens (including phenoxy) is 1. The molecule has 3 aromatic carbocycles. The second-order valence-electron chi connectivity index (χ2n) is 7.74. The van der Waals surface area contributed by atoms with E-state index >= 15 is 0 Å². The fourth-order valence-corrected chi connectivity index (χ4v) is 3.93. The van der Waals surface area contributed by atoms with Crippen molar-refractivity contribution >= 4 is 62.8 Å². The first kappa shape index (κ1) is 26.2. The van der Waals surface area contributed by atoms with E-state index in [0.29, 0.717) is 14.9 Å². The Balaban J connectivity index is 1.50. The van der Waals surface area contributed by atoms with Gasteiger partial charge in [-0.15, -0.1) is 0 Å². The first-order chi connectivity index (χ1) is 18.1. The highest BCUT2D eigenvalue weighted by molar-refractivity contribution is 9.10. The number of nitrogens with zero attached hydrogens (tertiary/aromatic N) is 2. The Bertz CT molecular complexity index is 1530. The number of amides is 5. The molecule has 2 N–H and O–H groups in total. The van der Waals surface area contributed by atoms with E-state index in [1.54, 1.807) is 6.07 Å². The molecule has 1 heterocycles. The molecule has 1 fully saturated rings. The van der Waals surface area contributed by atoms with Crippen LogP contribution < -0.4 is 20.3 Å². The lowest BCUT2D eigenvalue weighted by Crippen LogP contribution is -2.54. The summed E-state index contributed by atoms with van der Waals surface area (Å²) in [6.07, 6.45) is 1.23. The molecular formula is C25H16BrFN4O7. The SMILES string of the molecule is O=C(COc1ccc(/C=C2/C(=O)NC(=O)N(c3cccc([N+](=O)[O-])c3)C2=O)cc1Br)Nc1ccccc1F. The number of non-ortho nitro benzene ring substituents is 1. The largest absolute Gasteiger partial charge is 0.483 e. The molecule has 13 heteroatoms. The first-order valence-electron chi connectivity index (χ1n) is 10.8. The van der Waals surface area contributed by atoms with Crippen LogP contribution in [0.25, 0.3) is 6.08 Å². The summed E-state index contributed by atoms with van der Waals surface area (Å²) >= 11 is 3.29. The van der Waals surface area contributed by atoms with E-state index in [9.17, 15) is 33.7 Å². The van der Waals surface area contributed by atoms with E-state index < -0.39 is 41.1 Å². The van der Waals surface area contributed by atoms with Crippen LogP contribution in [0, 0.1) is 15.9 Å². The summed E-state index contributed by atoms with van der Waals surface area (Å²) in [5.41, 5.74) is -0.436. The molecule has 192 valence electrons. The molecule has 1 saturated heterocycles. The summed E-state index contributed by atoms with van der Waals surface area (Å²) in [6, 6.07) is 14.0. The average molecular weight is 583 g/mol. The molecule has 0 aliphatic carbocycles. The van der Waals surface area contributed by atoms with Crippen molar-refractivity contribution < 1.29 is 33.2 Å². The molecule has 1 aliphatic heterocycles. The number of carbonyl (C=O) groups excluding carboxylic acids is 4. The Morgan fingerprint density at radius 1 is 1.11 bits per heavy atom. The van der Waals surface area contributed by atoms with Crippen molar-refractivity contribution in [2.24, 2.45) is 0 Å². The number of para-hydroxylation sites is 1. The van der Waals surface area contributed by atoms with Crippen molar-refractivity contribution in [3.63, 3.8) is 0 Å². The lowest BCUT2D eigenvalue weighted by Gasteiger charge is -2.26. The maximum absolute atomic E-state index is 13.7. The summed E-state index contributed by atoms with van der Waals surface area (Å²) in [5.74, 6) is -2.85. The zero-order chi connectivity index (χ0) is 27.4. The van der Waals surface area contributed by atoms with E-state index in [2.05, 4.69) is 21.2 Å². The molecule has 0 spiro atoms. The zero-order valence-electron chi connectivity index (χ0n) is 19.1. The van der Waals surface area contributed by atoms with E-state index in [-0.39, 0.29) is 28.4 Å². The van der Waals surface area contributed by atoms with Crippen LogP contribution in [-0.2, 0) is 14.4 Å². The molecule has 3 aromatic rings. The van der Waals surface area contributed by atoms with Gasteiger partial charge in [-0.25, -0.2) is 14.1 Å². The number of carbonyl (C=O) groups is 4. The molecule has 1 aliphatic rings. The zero-order valence-corrected chi connectivity index (χ0v) is 20.7. The van der Waals surface area contributed by atoms with Crippen LogP contribution >= 0.6 is 15.9 Å². The molecule has 38 heavy (non-hydrogen) atoms. The number of anilines is 2. The number of benzene rings is 3. The third-order valence-electron chi connectivity index (χ3n) is 5.17. The maximum atomic E-state index is 13.7. The van der Waals surface area contributed by atoms with Gasteiger partial charge in [0, 0.05) is 12.1 Å². The Kier molecular flexibility index (Phi) is 7.58. The Morgan fingerprint density at radius 3 is 2.58 bits per heavy atom. The number of halogens is 2. The van der Waals surface area contributed by atoms with E-state index in [1.165, 1.54) is 60.7 Å². The van der Waals surface area contributed by atoms with Gasteiger partial charge in [0.05, 0.1) is 20.8 Å². The number of urea groups is 1. The Labute approximate surface area is 222 Å². The molecule has 5 amide bonds. The lowest BCUT2D eigenvalue weighted by molar-refractivity contribution is -0.384. The predicted octanol–water partition coefficient (Wildman–Crippen LogP) is 4.18. The molecular weight excluding hydrogens is 567 g/mol. The minimum absolute atomic E-state index is 0.00944. The number of nitro groups is 1. The minimum atomic E-state index is -1.05. The van der Waals surface area contributed by atoms with Crippen molar-refractivity contribution in [3.05, 3.63) is 98.3 Å². The van der Waals surface area contributed by atoms with Crippen LogP contribution in [0.5, 0.6) is 5.75 Å². The third-order valence-corrected chi connectivity index (χ3v) is 5.79. The van der Waals surface area contributed by atoms with Crippen LogP contribution in [-0.4, -0.2) is 35.3 Å². The van der Waals surface area contributed by atoms with Gasteiger partial charge in [0.1, 0.15) is 17.1 Å². The number of nitro benzene ring substituents is 1. The van der Waals surface area contributed by atoms with Crippen LogP contribution in [0.15, 0.2) is 76.8 Å². The lowest BCUT2D eigenvalue weighted by atomic mass is 10.1. The Morgan fingerprint density at radius 2 is 1.87 bits per heavy atom. The van der Waals surface area contributed by atoms with Crippen LogP contribution in [0.1, 0.15) is 5.56 Å². The molecule has 0 radical (unpaired) electrons. The van der Waals surface area contributed by atoms with Gasteiger partial charge in [0.25, 0.3) is 23.4 Å². The van der Waals surface area contributed by atoms with Gasteiger partial charge in [0.15, 0.2) is 6.61 Å². The molecule has 0 saturated carbocycles. The summed E-state index contributed by atoms with van der Waals surface area (Å²) < 4.78 is 19.5. The quantitative estimate of drug-likeness (QED) is 0.184. The highest BCUT2D eigenvalue weighted by Crippen LogP contribution is 2.29. The summed E-state index contributed by atoms with van der Waals surface area (Å²) in [4.78, 5) is 60.9. The number of rotatable bonds is 7. The minimum Gasteiger partial charge on any atom is -0.483 e. The molecule has 11 nitrogen and oxygen atoms in total. The molecule has 0 aromatic heterocycles. The number of imide groups is 2. The molecule has 4 rings (SSSR count). The number of hydrogen-bond donors (Lipinski definition) is 2. The highest BCUT2D eigenvalue weighted by Gasteiger charge is 2.37. The number of barbiturate groups is 1. The van der Waals surface area contributed by atoms with Crippen molar-refractivity contribution in [2.45, 2.75) is 0 Å². The highest BCUT2D eigenvalue weighted by atomic mass is 79.9. The van der Waals surface area contributed by atoms with Crippen molar-refractivity contribution in [1.29, 1.82) is 0 Å². The van der Waals surface area contributed by atoms with Gasteiger partial charge >= 0.3 is 6.03 Å². The van der Waals surface area contributed by atoms with Crippen LogP contribution in [0.3, 0.4) is 0 Å². The second-order valence-corrected chi connectivity index (χ2v) is 8.60. The third kappa shape index (κ3) is 5.73. The summed E-state index contributed by atoms with van der Waals surface area (Å²) in [5, 5.41) is 15.5. The van der Waals surface area contributed by atoms with Crippen molar-refractivity contribution in [3.8, 4) is 5.75 Å². The normalized spacial score (nSPS) is 14.3. The second kappa shape index (κ2) is 11.0. The smallest absolute Gasteiger partial charge is 0.335 e. The van der Waals surface area contributed by atoms with Gasteiger partial charge < -0.3 is 10.1 Å². The number of nitrogens with one attached hydrogen (secondary N) is 2. The number of hydrogen-bond acceptors (Lipinski definition) is 7. The Hall–Kier alpha value is -4.91. The van der Waals surface area contributed by atoms with E-state index in [4.69, 9.17) is 4.74 Å². The molecule has 0 atom stereocenters. The molecule has 0 unspecified atom stereocenters. The van der Waals surface area contributed by atoms with E-state index in [0.717, 1.165) is 6.07 Å². The molecule has 0 bridgehead atoms. The topological polar surface area (TPSA) is 148 Å². The van der Waals surface area contributed by atoms with Crippen molar-refractivity contribution in [2.75, 3.05) is 16.8 Å². The fraction of sp³-hybridized carbons (Fsp3) is 0.0400. The fourth-order valence-electron chi connectivity index (χ4n) is 3.42. The summed E-state index contributed by atoms with van der Waals surface area (Å²) in [7, 11) is 0. The van der Waals surface area contributed by atoms with Gasteiger partial charge in [-0.05, 0) is 57.9 Å². The predicted molar refractivity (Wildman–Crippen MR) is 137 cm³/mol. The van der Waals surface area contributed by atoms with Gasteiger partial charge in [0.2, 0.25) is 0 Å².